The van der Waals surface area contributed by atoms with Crippen LogP contribution in [0.4, 0.5) is 27.3 Å². The Balaban J connectivity index is 1.06. The molecule has 47 heavy (non-hydrogen) atoms. The summed E-state index contributed by atoms with van der Waals surface area (Å²) in [5.41, 5.74) is 10.4. The van der Waals surface area contributed by atoms with Gasteiger partial charge in [-0.1, -0.05) is 37.1 Å². The van der Waals surface area contributed by atoms with Gasteiger partial charge in [0, 0.05) is 28.9 Å². The molecule has 240 valence electrons. The summed E-state index contributed by atoms with van der Waals surface area (Å²) in [6, 6.07) is 23.5. The third-order valence-electron chi connectivity index (χ3n) is 7.84. The topological polar surface area (TPSA) is 129 Å². The van der Waals surface area contributed by atoms with Crippen molar-refractivity contribution < 1.29 is 18.7 Å². The van der Waals surface area contributed by atoms with E-state index in [2.05, 4.69) is 25.7 Å². The van der Waals surface area contributed by atoms with Crippen molar-refractivity contribution >= 4 is 50.6 Å². The number of unbranched alkanes of at least 4 members (excludes halogenated alkanes) is 3. The number of fused-ring (bicyclic) bond motifs is 2. The van der Waals surface area contributed by atoms with Gasteiger partial charge in [-0.2, -0.15) is 5.10 Å². The van der Waals surface area contributed by atoms with Crippen molar-refractivity contribution in [1.82, 2.24) is 19.7 Å². The molecule has 4 N–H and O–H groups in total. The van der Waals surface area contributed by atoms with Crippen molar-refractivity contribution in [2.24, 2.45) is 0 Å². The number of carbonyl (C=O) groups is 1. The molecule has 11 heteroatoms. The number of nitrogens with one attached hydrogen (secondary N) is 2. The fourth-order valence-electron chi connectivity index (χ4n) is 5.42. The zero-order valence-electron chi connectivity index (χ0n) is 26.1. The molecule has 2 aromatic heterocycles. The molecule has 0 aliphatic rings. The highest BCUT2D eigenvalue weighted by Gasteiger charge is 2.13. The number of ether oxygens (including phenoxy) is 2. The number of hydrogen-bond acceptors (Lipinski definition) is 8. The summed E-state index contributed by atoms with van der Waals surface area (Å²) in [5.74, 6) is 1.52. The number of halogens is 1. The van der Waals surface area contributed by atoms with E-state index in [1.165, 1.54) is 18.5 Å². The Morgan fingerprint density at radius 1 is 0.936 bits per heavy atom. The lowest BCUT2D eigenvalue weighted by Gasteiger charge is -2.14. The number of anilines is 4. The van der Waals surface area contributed by atoms with Gasteiger partial charge in [0.2, 0.25) is 5.91 Å². The van der Waals surface area contributed by atoms with E-state index in [-0.39, 0.29) is 11.7 Å². The predicted molar refractivity (Wildman–Crippen MR) is 183 cm³/mol. The Morgan fingerprint density at radius 2 is 1.81 bits per heavy atom. The van der Waals surface area contributed by atoms with Gasteiger partial charge in [0.05, 0.1) is 48.9 Å². The molecule has 2 heterocycles. The summed E-state index contributed by atoms with van der Waals surface area (Å²) in [6.45, 7) is 0.971. The number of amides is 1. The maximum Gasteiger partial charge on any atom is 0.224 e. The molecule has 0 aliphatic heterocycles. The fourth-order valence-corrected chi connectivity index (χ4v) is 5.42. The Hall–Kier alpha value is -5.71. The maximum atomic E-state index is 13.7. The van der Waals surface area contributed by atoms with E-state index in [0.29, 0.717) is 53.8 Å². The van der Waals surface area contributed by atoms with Gasteiger partial charge in [0.1, 0.15) is 18.0 Å². The van der Waals surface area contributed by atoms with Gasteiger partial charge < -0.3 is 25.8 Å². The van der Waals surface area contributed by atoms with E-state index in [9.17, 15) is 9.18 Å². The van der Waals surface area contributed by atoms with Crippen LogP contribution < -0.4 is 25.8 Å². The van der Waals surface area contributed by atoms with Gasteiger partial charge in [0.15, 0.2) is 11.5 Å². The molecule has 0 fully saturated rings. The number of hydrogen-bond donors (Lipinski definition) is 3. The van der Waals surface area contributed by atoms with Crippen LogP contribution in [0.1, 0.15) is 37.7 Å². The van der Waals surface area contributed by atoms with Crippen LogP contribution in [0.2, 0.25) is 0 Å². The summed E-state index contributed by atoms with van der Waals surface area (Å²) in [7, 11) is 1.60. The molecule has 1 amide bonds. The van der Waals surface area contributed by atoms with Crippen molar-refractivity contribution in [3.05, 3.63) is 103 Å². The van der Waals surface area contributed by atoms with Gasteiger partial charge in [-0.3, -0.25) is 9.48 Å². The highest BCUT2D eigenvalue weighted by molar-refractivity contribution is 5.94. The number of benzene rings is 4. The number of nitrogens with two attached hydrogens (primary N) is 1. The van der Waals surface area contributed by atoms with Crippen LogP contribution >= 0.6 is 0 Å². The normalized spacial score (nSPS) is 11.1. The lowest BCUT2D eigenvalue weighted by Crippen LogP contribution is -2.12. The zero-order valence-corrected chi connectivity index (χ0v) is 26.1. The van der Waals surface area contributed by atoms with Crippen molar-refractivity contribution in [1.29, 1.82) is 0 Å². The molecule has 0 bridgehead atoms. The molecular formula is C36H36FN7O3. The van der Waals surface area contributed by atoms with Crippen molar-refractivity contribution in [3.63, 3.8) is 0 Å². The average Bonchev–Trinajstić information content (AvgIpc) is 3.46. The molecule has 10 nitrogen and oxygen atoms in total. The molecule has 0 aliphatic carbocycles. The Morgan fingerprint density at radius 3 is 2.66 bits per heavy atom. The number of nitrogens with zero attached hydrogens (tertiary/aromatic N) is 4. The highest BCUT2D eigenvalue weighted by atomic mass is 19.1. The highest BCUT2D eigenvalue weighted by Crippen LogP contribution is 2.35. The predicted octanol–water partition coefficient (Wildman–Crippen LogP) is 7.47. The zero-order chi connectivity index (χ0) is 32.6. The third kappa shape index (κ3) is 7.75. The standard InChI is InChI=1S/C36H36FN7O3/c1-46-33-20-31-28(19-34(33)47-16-7-3-2-4-13-35(45)43-30-12-6-5-11-29(30)38)36(40-23-39-31)42-27-14-15-32-25(18-27)21-41-44(32)22-24-9-8-10-26(37)17-24/h5-6,8-12,14-15,17-21,23H,2-4,7,13,16,22,38H2,1H3,(H,43,45)(H,39,40,42). The minimum Gasteiger partial charge on any atom is -0.493 e. The van der Waals surface area contributed by atoms with Crippen molar-refractivity contribution in [2.45, 2.75) is 38.6 Å². The second-order valence-corrected chi connectivity index (χ2v) is 11.2. The Kier molecular flexibility index (Phi) is 9.71. The Bertz CT molecular complexity index is 2010. The minimum absolute atomic E-state index is 0.0393. The fraction of sp³-hybridized carbons (Fsp3) is 0.222. The van der Waals surface area contributed by atoms with Gasteiger partial charge in [-0.05, 0) is 66.9 Å². The average molecular weight is 634 g/mol. The minimum atomic E-state index is -0.266. The number of rotatable bonds is 14. The number of para-hydroxylation sites is 2. The summed E-state index contributed by atoms with van der Waals surface area (Å²) in [5, 5.41) is 12.5. The van der Waals surface area contributed by atoms with Gasteiger partial charge in [-0.15, -0.1) is 0 Å². The lowest BCUT2D eigenvalue weighted by atomic mass is 10.1. The second kappa shape index (κ2) is 14.6. The summed E-state index contributed by atoms with van der Waals surface area (Å²) < 4.78 is 27.3. The maximum absolute atomic E-state index is 13.7. The van der Waals surface area contributed by atoms with Crippen LogP contribution in [-0.4, -0.2) is 39.4 Å². The molecule has 4 aromatic carbocycles. The first kappa shape index (κ1) is 31.3. The van der Waals surface area contributed by atoms with E-state index in [1.54, 1.807) is 31.5 Å². The number of aromatic nitrogens is 4. The van der Waals surface area contributed by atoms with Crippen LogP contribution in [-0.2, 0) is 11.3 Å². The first-order chi connectivity index (χ1) is 23.0. The smallest absolute Gasteiger partial charge is 0.224 e. The Labute approximate surface area is 271 Å². The third-order valence-corrected chi connectivity index (χ3v) is 7.84. The van der Waals surface area contributed by atoms with Crippen LogP contribution in [0, 0.1) is 5.82 Å². The molecule has 0 spiro atoms. The van der Waals surface area contributed by atoms with Crippen LogP contribution in [0.15, 0.2) is 91.4 Å². The van der Waals surface area contributed by atoms with Crippen LogP contribution in [0.25, 0.3) is 21.8 Å². The molecule has 6 rings (SSSR count). The van der Waals surface area contributed by atoms with E-state index in [4.69, 9.17) is 15.2 Å². The largest absolute Gasteiger partial charge is 0.493 e. The number of nitrogen functional groups attached to an aromatic ring is 1. The SMILES string of the molecule is COc1cc2ncnc(Nc3ccc4c(cnn4Cc4cccc(F)c4)c3)c2cc1OCCCCCCC(=O)Nc1ccccc1N. The first-order valence-electron chi connectivity index (χ1n) is 15.5. The van der Waals surface area contributed by atoms with E-state index < -0.39 is 0 Å². The molecular weight excluding hydrogens is 597 g/mol. The molecule has 0 saturated heterocycles. The number of methoxy groups -OCH3 is 1. The van der Waals surface area contributed by atoms with E-state index in [1.807, 2.05) is 53.2 Å². The van der Waals surface area contributed by atoms with Gasteiger partial charge >= 0.3 is 0 Å². The molecule has 0 radical (unpaired) electrons. The molecule has 0 saturated carbocycles. The second-order valence-electron chi connectivity index (χ2n) is 11.2. The molecule has 6 aromatic rings. The first-order valence-corrected chi connectivity index (χ1v) is 15.5. The van der Waals surface area contributed by atoms with E-state index >= 15 is 0 Å². The molecule has 0 unspecified atom stereocenters. The quantitative estimate of drug-likeness (QED) is 0.0832. The number of carbonyl (C=O) groups excluding carboxylic acids is 1. The monoisotopic (exact) mass is 633 g/mol. The van der Waals surface area contributed by atoms with E-state index in [0.717, 1.165) is 53.2 Å². The van der Waals surface area contributed by atoms with Gasteiger partial charge in [-0.25, -0.2) is 14.4 Å². The van der Waals surface area contributed by atoms with Gasteiger partial charge in [0.25, 0.3) is 0 Å². The lowest BCUT2D eigenvalue weighted by molar-refractivity contribution is -0.116. The van der Waals surface area contributed by atoms with Crippen LogP contribution in [0.5, 0.6) is 11.5 Å². The summed E-state index contributed by atoms with van der Waals surface area (Å²) >= 11 is 0. The van der Waals surface area contributed by atoms with Crippen molar-refractivity contribution in [3.8, 4) is 11.5 Å². The van der Waals surface area contributed by atoms with Crippen molar-refractivity contribution in [2.75, 3.05) is 30.1 Å². The van der Waals surface area contributed by atoms with Crippen LogP contribution in [0.3, 0.4) is 0 Å². The summed E-state index contributed by atoms with van der Waals surface area (Å²) in [6.07, 6.45) is 7.19. The molecule has 0 atom stereocenters. The summed E-state index contributed by atoms with van der Waals surface area (Å²) in [4.78, 5) is 21.2.